The quantitative estimate of drug-likeness (QED) is 0.460. The van der Waals surface area contributed by atoms with Crippen molar-refractivity contribution in [3.8, 4) is 0 Å². The Bertz CT molecular complexity index is 171. The smallest absolute Gasteiger partial charge is 0.489 e. The zero-order valence-electron chi connectivity index (χ0n) is 9.04. The summed E-state index contributed by atoms with van der Waals surface area (Å²) in [6, 6.07) is 0. The van der Waals surface area contributed by atoms with Crippen molar-refractivity contribution >= 4 is 15.3 Å². The molecule has 0 aliphatic rings. The molecular weight excluding hydrogens is 196 g/mol. The van der Waals surface area contributed by atoms with E-state index in [0.717, 1.165) is 6.42 Å². The summed E-state index contributed by atoms with van der Waals surface area (Å²) in [6.45, 7) is 7.78. The molecule has 0 atom stereocenters. The van der Waals surface area contributed by atoms with Crippen LogP contribution in [0.4, 0.5) is 0 Å². The average molecular weight is 215 g/mol. The molecule has 3 nitrogen and oxygen atoms in total. The van der Waals surface area contributed by atoms with E-state index in [1.165, 1.54) is 26.2 Å². The summed E-state index contributed by atoms with van der Waals surface area (Å²) < 4.78 is 10.3. The lowest BCUT2D eigenvalue weighted by molar-refractivity contribution is -0.133. The molecule has 0 aromatic heterocycles. The van der Waals surface area contributed by atoms with E-state index in [9.17, 15) is 4.79 Å². The van der Waals surface area contributed by atoms with Gasteiger partial charge in [0.25, 0.3) is 5.97 Å². The highest BCUT2D eigenvalue weighted by molar-refractivity contribution is 6.52. The Morgan fingerprint density at radius 1 is 1.43 bits per heavy atom. The monoisotopic (exact) mass is 215 g/mol. The molecule has 0 bridgehead atoms. The lowest BCUT2D eigenvalue weighted by Crippen LogP contribution is -2.23. The third kappa shape index (κ3) is 8.01. The van der Waals surface area contributed by atoms with Crippen LogP contribution in [0.15, 0.2) is 12.3 Å². The van der Waals surface area contributed by atoms with Gasteiger partial charge in [0.15, 0.2) is 0 Å². The highest BCUT2D eigenvalue weighted by atomic mass is 28.3. The zero-order chi connectivity index (χ0) is 10.8. The van der Waals surface area contributed by atoms with Crippen LogP contribution in [-0.2, 0) is 13.6 Å². The molecular formula is C10H19O3Si. The van der Waals surface area contributed by atoms with Crippen molar-refractivity contribution in [1.29, 1.82) is 0 Å². The standard InChI is InChI=1S/C10H19O3Si/c1-4-6-7-8-9-12-14(5-2)13-10(3)11/h5H,2,4,6-9H2,1,3H3. The zero-order valence-corrected chi connectivity index (χ0v) is 10.0. The SMILES string of the molecule is C=C[Si](OCCCCCC)OC(C)=O. The summed E-state index contributed by atoms with van der Waals surface area (Å²) in [6.07, 6.45) is 4.64. The normalized spacial score (nSPS) is 10.2. The third-order valence-electron chi connectivity index (χ3n) is 1.65. The summed E-state index contributed by atoms with van der Waals surface area (Å²) in [7, 11) is -1.56. The van der Waals surface area contributed by atoms with Gasteiger partial charge >= 0.3 is 9.28 Å². The van der Waals surface area contributed by atoms with E-state index in [4.69, 9.17) is 8.85 Å². The first-order valence-electron chi connectivity index (χ1n) is 5.01. The van der Waals surface area contributed by atoms with E-state index < -0.39 is 9.28 Å². The topological polar surface area (TPSA) is 35.5 Å². The molecule has 14 heavy (non-hydrogen) atoms. The Balaban J connectivity index is 3.43. The number of carbonyl (C=O) groups is 1. The van der Waals surface area contributed by atoms with Crippen molar-refractivity contribution in [3.63, 3.8) is 0 Å². The van der Waals surface area contributed by atoms with E-state index in [2.05, 4.69) is 13.5 Å². The fraction of sp³-hybridized carbons (Fsp3) is 0.700. The van der Waals surface area contributed by atoms with E-state index >= 15 is 0 Å². The van der Waals surface area contributed by atoms with Gasteiger partial charge in [0.2, 0.25) is 0 Å². The van der Waals surface area contributed by atoms with Crippen LogP contribution in [-0.4, -0.2) is 21.9 Å². The average Bonchev–Trinajstić information content (AvgIpc) is 2.15. The maximum Gasteiger partial charge on any atom is 0.490 e. The second kappa shape index (κ2) is 8.96. The molecule has 0 saturated carbocycles. The summed E-state index contributed by atoms with van der Waals surface area (Å²) in [5.74, 6) is -0.299. The van der Waals surface area contributed by atoms with Gasteiger partial charge in [-0.25, -0.2) is 0 Å². The summed E-state index contributed by atoms with van der Waals surface area (Å²) in [5.41, 5.74) is 1.59. The summed E-state index contributed by atoms with van der Waals surface area (Å²) in [5, 5.41) is 0. The van der Waals surface area contributed by atoms with Crippen molar-refractivity contribution in [2.24, 2.45) is 0 Å². The van der Waals surface area contributed by atoms with Crippen LogP contribution >= 0.6 is 0 Å². The van der Waals surface area contributed by atoms with E-state index in [1.807, 2.05) is 0 Å². The van der Waals surface area contributed by atoms with Gasteiger partial charge in [0.1, 0.15) is 0 Å². The molecule has 0 N–H and O–H groups in total. The largest absolute Gasteiger partial charge is 0.490 e. The van der Waals surface area contributed by atoms with Crippen molar-refractivity contribution < 1.29 is 13.6 Å². The molecule has 0 unspecified atom stereocenters. The van der Waals surface area contributed by atoms with Gasteiger partial charge in [-0.15, -0.1) is 6.58 Å². The molecule has 4 heteroatoms. The van der Waals surface area contributed by atoms with E-state index in [1.54, 1.807) is 5.70 Å². The van der Waals surface area contributed by atoms with Gasteiger partial charge in [-0.1, -0.05) is 26.2 Å². The summed E-state index contributed by atoms with van der Waals surface area (Å²) in [4.78, 5) is 10.6. The Hall–Kier alpha value is -0.613. The lowest BCUT2D eigenvalue weighted by Gasteiger charge is -2.09. The molecule has 0 saturated heterocycles. The second-order valence-corrected chi connectivity index (χ2v) is 4.57. The first-order valence-corrected chi connectivity index (χ1v) is 6.40. The van der Waals surface area contributed by atoms with Crippen LogP contribution in [0.2, 0.25) is 0 Å². The van der Waals surface area contributed by atoms with E-state index in [-0.39, 0.29) is 5.97 Å². The molecule has 0 heterocycles. The van der Waals surface area contributed by atoms with Gasteiger partial charge in [-0.05, 0) is 12.1 Å². The Morgan fingerprint density at radius 3 is 2.64 bits per heavy atom. The molecule has 0 rings (SSSR count). The van der Waals surface area contributed by atoms with Crippen LogP contribution in [0.3, 0.4) is 0 Å². The minimum absolute atomic E-state index is 0.299. The Labute approximate surface area is 87.9 Å². The van der Waals surface area contributed by atoms with E-state index in [0.29, 0.717) is 6.61 Å². The van der Waals surface area contributed by atoms with Crippen LogP contribution in [0.5, 0.6) is 0 Å². The van der Waals surface area contributed by atoms with Crippen molar-refractivity contribution in [2.75, 3.05) is 6.61 Å². The lowest BCUT2D eigenvalue weighted by atomic mass is 10.2. The van der Waals surface area contributed by atoms with Crippen LogP contribution < -0.4 is 0 Å². The molecule has 0 fully saturated rings. The minimum atomic E-state index is -1.56. The maximum absolute atomic E-state index is 10.6. The second-order valence-electron chi connectivity index (χ2n) is 3.03. The predicted octanol–water partition coefficient (Wildman–Crippen LogP) is 2.36. The first kappa shape index (κ1) is 13.4. The Morgan fingerprint density at radius 2 is 2.14 bits per heavy atom. The predicted molar refractivity (Wildman–Crippen MR) is 57.8 cm³/mol. The molecule has 0 aromatic carbocycles. The van der Waals surface area contributed by atoms with Crippen LogP contribution in [0.1, 0.15) is 39.5 Å². The molecule has 0 amide bonds. The molecule has 0 spiro atoms. The molecule has 0 aliphatic carbocycles. The highest BCUT2D eigenvalue weighted by Crippen LogP contribution is 2.00. The molecule has 1 radical (unpaired) electrons. The Kier molecular flexibility index (Phi) is 8.57. The summed E-state index contributed by atoms with van der Waals surface area (Å²) >= 11 is 0. The third-order valence-corrected chi connectivity index (χ3v) is 2.96. The van der Waals surface area contributed by atoms with Gasteiger partial charge in [-0.2, -0.15) is 0 Å². The van der Waals surface area contributed by atoms with Gasteiger partial charge in [0, 0.05) is 13.5 Å². The highest BCUT2D eigenvalue weighted by Gasteiger charge is 2.13. The van der Waals surface area contributed by atoms with Gasteiger partial charge < -0.3 is 8.85 Å². The minimum Gasteiger partial charge on any atom is -0.489 e. The number of carbonyl (C=O) groups excluding carboxylic acids is 1. The fourth-order valence-corrected chi connectivity index (χ4v) is 1.86. The van der Waals surface area contributed by atoms with Crippen molar-refractivity contribution in [3.05, 3.63) is 12.3 Å². The van der Waals surface area contributed by atoms with Gasteiger partial charge in [-0.3, -0.25) is 4.79 Å². The molecule has 81 valence electrons. The maximum atomic E-state index is 10.6. The fourth-order valence-electron chi connectivity index (χ4n) is 0.973. The van der Waals surface area contributed by atoms with Gasteiger partial charge in [0.05, 0.1) is 0 Å². The number of hydrogen-bond donors (Lipinski definition) is 0. The van der Waals surface area contributed by atoms with Crippen molar-refractivity contribution in [2.45, 2.75) is 39.5 Å². The first-order chi connectivity index (χ1) is 6.70. The van der Waals surface area contributed by atoms with Crippen LogP contribution in [0, 0.1) is 0 Å². The molecule has 0 aliphatic heterocycles. The van der Waals surface area contributed by atoms with Crippen LogP contribution in [0.25, 0.3) is 0 Å². The number of unbranched alkanes of at least 4 members (excludes halogenated alkanes) is 3. The number of hydrogen-bond acceptors (Lipinski definition) is 3. The number of rotatable bonds is 8. The van der Waals surface area contributed by atoms with Crippen molar-refractivity contribution in [1.82, 2.24) is 0 Å². The molecule has 0 aromatic rings.